The van der Waals surface area contributed by atoms with E-state index in [2.05, 4.69) is 11.9 Å². The van der Waals surface area contributed by atoms with Crippen LogP contribution in [0.25, 0.3) is 0 Å². The Balaban J connectivity index is 1.47. The highest BCUT2D eigenvalue weighted by Gasteiger charge is 2.66. The number of aromatic nitrogens is 1. The fourth-order valence-electron chi connectivity index (χ4n) is 10.3. The summed E-state index contributed by atoms with van der Waals surface area (Å²) in [4.78, 5) is 52.3. The third-order valence-electron chi connectivity index (χ3n) is 13.1. The number of unbranched alkanes of at least 4 members (excludes halogenated alkanes) is 10. The van der Waals surface area contributed by atoms with Gasteiger partial charge >= 0.3 is 5.97 Å². The zero-order valence-electron chi connectivity index (χ0n) is 33.0. The molecule has 2 aliphatic heterocycles. The van der Waals surface area contributed by atoms with Gasteiger partial charge in [0.05, 0.1) is 18.4 Å². The van der Waals surface area contributed by atoms with Crippen molar-refractivity contribution in [2.75, 3.05) is 6.61 Å². The number of carboxylic acids is 1. The zero-order valence-corrected chi connectivity index (χ0v) is 33.0. The summed E-state index contributed by atoms with van der Waals surface area (Å²) in [5.74, 6) is -2.25. The average molecular weight is 721 g/mol. The highest BCUT2D eigenvalue weighted by molar-refractivity contribution is 6.05. The lowest BCUT2D eigenvalue weighted by Crippen LogP contribution is -2.62. The predicted octanol–water partition coefficient (Wildman–Crippen LogP) is 10.5. The van der Waals surface area contributed by atoms with Gasteiger partial charge in [-0.25, -0.2) is 0 Å². The number of aliphatic imine (C=N–C) groups is 1. The lowest BCUT2D eigenvalue weighted by molar-refractivity contribution is -0.298. The molecule has 2 N–H and O–H groups in total. The molecule has 3 unspecified atom stereocenters. The van der Waals surface area contributed by atoms with Crippen LogP contribution in [0.15, 0.2) is 29.4 Å². The first kappa shape index (κ1) is 40.6. The Bertz CT molecular complexity index is 1410. The molecule has 3 heterocycles. The molecule has 1 saturated heterocycles. The first-order chi connectivity index (χ1) is 24.8. The second-order valence-electron chi connectivity index (χ2n) is 17.8. The molecule has 0 radical (unpaired) electrons. The summed E-state index contributed by atoms with van der Waals surface area (Å²) in [6.07, 6.45) is 27.7. The summed E-state index contributed by atoms with van der Waals surface area (Å²) in [6, 6.07) is 1.77. The molecule has 8 heteroatoms. The number of aliphatic carboxylic acids is 1. The van der Waals surface area contributed by atoms with Gasteiger partial charge in [-0.3, -0.25) is 19.4 Å². The van der Waals surface area contributed by atoms with Crippen LogP contribution >= 0.6 is 0 Å². The molecule has 52 heavy (non-hydrogen) atoms. The van der Waals surface area contributed by atoms with Crippen molar-refractivity contribution in [3.63, 3.8) is 0 Å². The minimum atomic E-state index is -1.44. The monoisotopic (exact) mass is 721 g/mol. The Morgan fingerprint density at radius 3 is 2.10 bits per heavy atom. The van der Waals surface area contributed by atoms with Gasteiger partial charge in [-0.15, -0.1) is 0 Å². The number of hydrogen-bond acceptors (Lipinski definition) is 6. The molecule has 4 aliphatic rings. The van der Waals surface area contributed by atoms with Gasteiger partial charge in [-0.05, 0) is 70.1 Å². The van der Waals surface area contributed by atoms with E-state index in [0.29, 0.717) is 17.9 Å². The van der Waals surface area contributed by atoms with Gasteiger partial charge < -0.3 is 19.6 Å². The van der Waals surface area contributed by atoms with Crippen molar-refractivity contribution in [3.8, 4) is 0 Å². The smallest absolute Gasteiger partial charge is 0.304 e. The van der Waals surface area contributed by atoms with Gasteiger partial charge in [-0.2, -0.15) is 0 Å². The number of nitrogens with one attached hydrogen (secondary N) is 1. The van der Waals surface area contributed by atoms with Crippen molar-refractivity contribution < 1.29 is 29.0 Å². The van der Waals surface area contributed by atoms with E-state index in [9.17, 15) is 14.7 Å². The van der Waals surface area contributed by atoms with Gasteiger partial charge in [0.25, 0.3) is 0 Å². The molecule has 8 nitrogen and oxygen atoms in total. The second-order valence-corrected chi connectivity index (χ2v) is 17.8. The predicted molar refractivity (Wildman–Crippen MR) is 207 cm³/mol. The van der Waals surface area contributed by atoms with Gasteiger partial charge in [0, 0.05) is 34.5 Å². The molecule has 0 spiro atoms. The standard InChI is InChI=1S/C44H68N2O6/c1-6-7-8-9-10-11-12-13-14-15-18-25-42(26-19-20-27-42)39(50)44(28-21-29-46-44)43(31-35(47)48,33-22-16-17-23-33)37-34(24-30-45-37)36(49)38-40(2,3)32-51-41(4,5)52-38/h21,24,28-30,33,38,45H,6-20,22-23,25-27,31-32H2,1-5H3,(H,47,48). The van der Waals surface area contributed by atoms with Crippen LogP contribution in [-0.4, -0.2) is 57.9 Å². The third kappa shape index (κ3) is 8.38. The molecule has 0 aromatic carbocycles. The Morgan fingerprint density at radius 1 is 0.904 bits per heavy atom. The molecule has 2 aliphatic carbocycles. The molecule has 5 rings (SSSR count). The third-order valence-corrected chi connectivity index (χ3v) is 13.1. The zero-order chi connectivity index (χ0) is 37.5. The summed E-state index contributed by atoms with van der Waals surface area (Å²) >= 11 is 0. The number of carbonyl (C=O) groups excluding carboxylic acids is 2. The van der Waals surface area contributed by atoms with E-state index in [0.717, 1.165) is 70.6 Å². The summed E-state index contributed by atoms with van der Waals surface area (Å²) < 4.78 is 12.3. The summed E-state index contributed by atoms with van der Waals surface area (Å²) in [6.45, 7) is 10.2. The molecule has 1 aromatic rings. The Hall–Kier alpha value is -2.58. The topological polar surface area (TPSA) is 118 Å². The largest absolute Gasteiger partial charge is 0.481 e. The number of ketones is 2. The maximum Gasteiger partial charge on any atom is 0.304 e. The van der Waals surface area contributed by atoms with Gasteiger partial charge in [-0.1, -0.05) is 117 Å². The first-order valence-electron chi connectivity index (χ1n) is 20.9. The quantitative estimate of drug-likeness (QED) is 0.0964. The number of Topliss-reactive ketones (excluding diaryl/α,β-unsaturated/α-hetero) is 2. The van der Waals surface area contributed by atoms with Crippen LogP contribution < -0.4 is 0 Å². The van der Waals surface area contributed by atoms with Crippen molar-refractivity contribution in [2.45, 2.75) is 192 Å². The molecule has 2 saturated carbocycles. The van der Waals surface area contributed by atoms with E-state index in [1.54, 1.807) is 18.5 Å². The van der Waals surface area contributed by atoms with E-state index < -0.39 is 39.6 Å². The van der Waals surface area contributed by atoms with Gasteiger partial charge in [0.1, 0.15) is 11.6 Å². The number of carbonyl (C=O) groups is 3. The van der Waals surface area contributed by atoms with E-state index in [-0.39, 0.29) is 23.9 Å². The van der Waals surface area contributed by atoms with Crippen LogP contribution in [0.1, 0.15) is 186 Å². The molecule has 290 valence electrons. The van der Waals surface area contributed by atoms with Crippen molar-refractivity contribution in [1.82, 2.24) is 4.98 Å². The van der Waals surface area contributed by atoms with Crippen LogP contribution in [0.5, 0.6) is 0 Å². The van der Waals surface area contributed by atoms with Crippen LogP contribution in [-0.2, 0) is 24.5 Å². The SMILES string of the molecule is CCCCCCCCCCCCCC1(C(=O)C2(C(CC(=O)O)(c3[nH]ccc3C(=O)C3OC(C)(C)OCC3(C)C)C3CCCC3)C=CC=N2)CCCC1. The Labute approximate surface area is 313 Å². The molecular weight excluding hydrogens is 652 g/mol. The average Bonchev–Trinajstić information content (AvgIpc) is 3.95. The molecule has 0 amide bonds. The highest BCUT2D eigenvalue weighted by Crippen LogP contribution is 2.59. The molecule has 3 fully saturated rings. The van der Waals surface area contributed by atoms with E-state index >= 15 is 4.79 Å². The highest BCUT2D eigenvalue weighted by atomic mass is 16.7. The maximum absolute atomic E-state index is 15.8. The number of nitrogens with zero attached hydrogens (tertiary/aromatic N) is 1. The van der Waals surface area contributed by atoms with Gasteiger partial charge in [0.2, 0.25) is 0 Å². The minimum Gasteiger partial charge on any atom is -0.481 e. The van der Waals surface area contributed by atoms with Crippen LogP contribution in [0.2, 0.25) is 0 Å². The fraction of sp³-hybridized carbons (Fsp3) is 0.773. The molecule has 1 aromatic heterocycles. The number of allylic oxidation sites excluding steroid dienone is 1. The lowest BCUT2D eigenvalue weighted by Gasteiger charge is -2.51. The Kier molecular flexibility index (Phi) is 13.5. The summed E-state index contributed by atoms with van der Waals surface area (Å²) in [5.41, 5.74) is -2.98. The van der Waals surface area contributed by atoms with Crippen molar-refractivity contribution in [1.29, 1.82) is 0 Å². The van der Waals surface area contributed by atoms with Crippen molar-refractivity contribution in [2.24, 2.45) is 21.7 Å². The maximum atomic E-state index is 15.8. The second kappa shape index (κ2) is 17.3. The van der Waals surface area contributed by atoms with E-state index in [1.807, 2.05) is 39.8 Å². The normalized spacial score (nSPS) is 26.1. The number of ether oxygens (including phenoxy) is 2. The molecule has 0 bridgehead atoms. The molecule has 3 atom stereocenters. The fourth-order valence-corrected chi connectivity index (χ4v) is 10.3. The lowest BCUT2D eigenvalue weighted by atomic mass is 9.52. The van der Waals surface area contributed by atoms with Gasteiger partial charge in [0.15, 0.2) is 17.4 Å². The van der Waals surface area contributed by atoms with Crippen molar-refractivity contribution in [3.05, 3.63) is 35.7 Å². The molecular formula is C44H68N2O6. The Morgan fingerprint density at radius 2 is 1.52 bits per heavy atom. The summed E-state index contributed by atoms with van der Waals surface area (Å²) in [5, 5.41) is 10.8. The van der Waals surface area contributed by atoms with Crippen LogP contribution in [0.3, 0.4) is 0 Å². The number of hydrogen-bond donors (Lipinski definition) is 2. The van der Waals surface area contributed by atoms with E-state index in [4.69, 9.17) is 14.5 Å². The van der Waals surface area contributed by atoms with Crippen LogP contribution in [0, 0.1) is 16.7 Å². The number of aromatic amines is 1. The minimum absolute atomic E-state index is 0.0551. The summed E-state index contributed by atoms with van der Waals surface area (Å²) in [7, 11) is 0. The number of rotatable bonds is 21. The number of H-pyrrole nitrogens is 1. The number of carboxylic acid groups (broad SMARTS) is 1. The van der Waals surface area contributed by atoms with Crippen molar-refractivity contribution >= 4 is 23.8 Å². The first-order valence-corrected chi connectivity index (χ1v) is 20.9. The van der Waals surface area contributed by atoms with E-state index in [1.165, 1.54) is 57.8 Å². The van der Waals surface area contributed by atoms with Crippen LogP contribution in [0.4, 0.5) is 0 Å².